The zero-order valence-corrected chi connectivity index (χ0v) is 21.4. The Morgan fingerprint density at radius 2 is 1.84 bits per heavy atom. The second-order valence-corrected chi connectivity index (χ2v) is 9.86. The standard InChI is InChI=1S/C25H40N2O11/c1-4-8-14(23(34)36-5-2)26-12(3)21(31)27-15-10-7-6-9-13(15)11-16(27)24(35)38-25-19(30)17(28)18(29)20(37-25)22(32)33/h12-20,25-26,28-30H,4-11H2,1-3H3,(H,32,33)/t12-,13-,14-,15-,16-,17?,18?,19?,20?,25?/m1/s1/i3D3,12D. The molecule has 0 aromatic rings. The van der Waals surface area contributed by atoms with Crippen molar-refractivity contribution in [2.45, 2.75) is 120 Å². The molecule has 38 heavy (non-hydrogen) atoms. The van der Waals surface area contributed by atoms with Gasteiger partial charge >= 0.3 is 17.9 Å². The van der Waals surface area contributed by atoms with Gasteiger partial charge in [0, 0.05) is 10.2 Å². The highest BCUT2D eigenvalue weighted by Crippen LogP contribution is 2.41. The number of hydrogen-bond donors (Lipinski definition) is 5. The van der Waals surface area contributed by atoms with Crippen molar-refractivity contribution >= 4 is 23.8 Å². The van der Waals surface area contributed by atoms with Gasteiger partial charge in [0.2, 0.25) is 12.2 Å². The molecule has 2 aliphatic heterocycles. The van der Waals surface area contributed by atoms with Crippen LogP contribution in [0.2, 0.25) is 0 Å². The molecule has 0 bridgehead atoms. The van der Waals surface area contributed by atoms with E-state index in [-0.39, 0.29) is 25.4 Å². The molecule has 2 heterocycles. The normalized spacial score (nSPS) is 37.3. The summed E-state index contributed by atoms with van der Waals surface area (Å²) in [6, 6.07) is -6.46. The number of nitrogens with one attached hydrogen (secondary N) is 1. The third-order valence-electron chi connectivity index (χ3n) is 7.32. The molecule has 13 heteroatoms. The second kappa shape index (κ2) is 13.2. The van der Waals surface area contributed by atoms with Gasteiger partial charge in [-0.25, -0.2) is 9.59 Å². The first kappa shape index (κ1) is 24.7. The van der Waals surface area contributed by atoms with Crippen LogP contribution in [0.15, 0.2) is 0 Å². The summed E-state index contributed by atoms with van der Waals surface area (Å²) in [6.07, 6.45) is -7.24. The number of rotatable bonds is 10. The first-order valence-electron chi connectivity index (χ1n) is 15.0. The van der Waals surface area contributed by atoms with Gasteiger partial charge in [-0.2, -0.15) is 0 Å². The highest BCUT2D eigenvalue weighted by molar-refractivity contribution is 5.89. The minimum atomic E-state index is -3.30. The number of amides is 1. The van der Waals surface area contributed by atoms with Crippen molar-refractivity contribution in [2.75, 3.05) is 6.61 Å². The maximum absolute atomic E-state index is 14.1. The van der Waals surface area contributed by atoms with E-state index in [2.05, 4.69) is 5.32 Å². The number of hydrogen-bond acceptors (Lipinski definition) is 11. The Labute approximate surface area is 227 Å². The third-order valence-corrected chi connectivity index (χ3v) is 7.32. The van der Waals surface area contributed by atoms with E-state index < -0.39 is 85.5 Å². The van der Waals surface area contributed by atoms with Crippen molar-refractivity contribution in [3.63, 3.8) is 0 Å². The van der Waals surface area contributed by atoms with Crippen molar-refractivity contribution in [3.05, 3.63) is 0 Å². The van der Waals surface area contributed by atoms with E-state index in [0.29, 0.717) is 25.7 Å². The van der Waals surface area contributed by atoms with Gasteiger partial charge in [-0.05, 0) is 45.4 Å². The number of nitrogens with zero attached hydrogens (tertiary/aromatic N) is 1. The smallest absolute Gasteiger partial charge is 0.335 e. The molecule has 2 saturated heterocycles. The lowest BCUT2D eigenvalue weighted by atomic mass is 9.84. The number of fused-ring (bicyclic) bond motifs is 1. The quantitative estimate of drug-likeness (QED) is 0.216. The van der Waals surface area contributed by atoms with Crippen LogP contribution in [0.4, 0.5) is 0 Å². The SMILES string of the molecule is [2H]C([2H])([2H])[C@@]([2H])(N[C@H](CCC)C(=O)OCC)C(=O)N1[C@@H](C(=O)OC2OC(C(=O)O)C(O)C(O)C2O)C[C@H]2CCCC[C@H]21. The molecular weight excluding hydrogens is 504 g/mol. The van der Waals surface area contributed by atoms with E-state index in [0.717, 1.165) is 11.3 Å². The van der Waals surface area contributed by atoms with Crippen LogP contribution >= 0.6 is 0 Å². The first-order valence-corrected chi connectivity index (χ1v) is 13.0. The van der Waals surface area contributed by atoms with E-state index in [1.54, 1.807) is 13.8 Å². The minimum Gasteiger partial charge on any atom is -0.479 e. The molecule has 5 N–H and O–H groups in total. The third kappa shape index (κ3) is 6.45. The molecule has 3 aliphatic rings. The Kier molecular flexibility index (Phi) is 8.55. The van der Waals surface area contributed by atoms with Gasteiger partial charge in [0.05, 0.1) is 14.0 Å². The number of esters is 2. The fourth-order valence-corrected chi connectivity index (χ4v) is 5.45. The van der Waals surface area contributed by atoms with E-state index >= 15 is 0 Å². The molecule has 10 atom stereocenters. The van der Waals surface area contributed by atoms with Crippen molar-refractivity contribution in [1.82, 2.24) is 10.2 Å². The van der Waals surface area contributed by atoms with Crippen molar-refractivity contribution in [1.29, 1.82) is 0 Å². The topological polar surface area (TPSA) is 192 Å². The van der Waals surface area contributed by atoms with E-state index in [9.17, 15) is 39.6 Å². The zero-order valence-electron chi connectivity index (χ0n) is 25.4. The summed E-state index contributed by atoms with van der Waals surface area (Å²) in [6.45, 7) is -0.0383. The fourth-order valence-electron chi connectivity index (χ4n) is 5.45. The van der Waals surface area contributed by atoms with Crippen LogP contribution in [0, 0.1) is 5.92 Å². The molecule has 0 spiro atoms. The van der Waals surface area contributed by atoms with Gasteiger partial charge in [-0.3, -0.25) is 14.9 Å². The Bertz CT molecular complexity index is 1020. The first-order chi connectivity index (χ1) is 19.6. The van der Waals surface area contributed by atoms with Crippen LogP contribution in [0.25, 0.3) is 0 Å². The van der Waals surface area contributed by atoms with E-state index in [4.69, 9.17) is 19.7 Å². The summed E-state index contributed by atoms with van der Waals surface area (Å²) in [5.41, 5.74) is 0. The molecule has 0 radical (unpaired) electrons. The predicted octanol–water partition coefficient (Wildman–Crippen LogP) is -0.709. The molecule has 0 aromatic carbocycles. The number of carbonyl (C=O) groups excluding carboxylic acids is 3. The maximum atomic E-state index is 14.1. The summed E-state index contributed by atoms with van der Waals surface area (Å²) < 4.78 is 48.5. The van der Waals surface area contributed by atoms with Crippen molar-refractivity contribution < 1.29 is 59.3 Å². The van der Waals surface area contributed by atoms with E-state index in [1.807, 2.05) is 0 Å². The Hall–Kier alpha value is -2.32. The number of ether oxygens (including phenoxy) is 3. The summed E-state index contributed by atoms with van der Waals surface area (Å²) in [4.78, 5) is 52.6. The predicted molar refractivity (Wildman–Crippen MR) is 129 cm³/mol. The monoisotopic (exact) mass is 548 g/mol. The summed E-state index contributed by atoms with van der Waals surface area (Å²) in [7, 11) is 0. The molecule has 1 amide bonds. The fraction of sp³-hybridized carbons (Fsp3) is 0.840. The van der Waals surface area contributed by atoms with Crippen LogP contribution in [-0.2, 0) is 33.4 Å². The second-order valence-electron chi connectivity index (χ2n) is 9.86. The van der Waals surface area contributed by atoms with Crippen LogP contribution < -0.4 is 5.32 Å². The van der Waals surface area contributed by atoms with Gasteiger partial charge in [0.15, 0.2) is 6.10 Å². The summed E-state index contributed by atoms with van der Waals surface area (Å²) >= 11 is 0. The van der Waals surface area contributed by atoms with Crippen LogP contribution in [-0.4, -0.2) is 111 Å². The number of carbonyl (C=O) groups is 4. The van der Waals surface area contributed by atoms with Crippen molar-refractivity contribution in [2.24, 2.45) is 5.92 Å². The van der Waals surface area contributed by atoms with Crippen LogP contribution in [0.5, 0.6) is 0 Å². The number of likely N-dealkylation sites (tertiary alicyclic amines) is 1. The average Bonchev–Trinajstić information content (AvgIpc) is 3.31. The van der Waals surface area contributed by atoms with Gasteiger partial charge in [0.1, 0.15) is 30.4 Å². The highest BCUT2D eigenvalue weighted by Gasteiger charge is 2.52. The summed E-state index contributed by atoms with van der Waals surface area (Å²) in [5.74, 6) is -5.25. The summed E-state index contributed by atoms with van der Waals surface area (Å²) in [5, 5.41) is 42.0. The Morgan fingerprint density at radius 1 is 1.13 bits per heavy atom. The lowest BCUT2D eigenvalue weighted by Crippen LogP contribution is -2.61. The minimum absolute atomic E-state index is 0.0131. The molecular formula is C25H40N2O11. The van der Waals surface area contributed by atoms with Gasteiger partial charge < -0.3 is 39.5 Å². The van der Waals surface area contributed by atoms with Crippen LogP contribution in [0.3, 0.4) is 0 Å². The maximum Gasteiger partial charge on any atom is 0.335 e. The Balaban J connectivity index is 1.95. The lowest BCUT2D eigenvalue weighted by molar-refractivity contribution is -0.287. The number of carboxylic acids is 1. The molecule has 3 rings (SSSR count). The molecule has 216 valence electrons. The lowest BCUT2D eigenvalue weighted by Gasteiger charge is -2.39. The van der Waals surface area contributed by atoms with Gasteiger partial charge in [-0.1, -0.05) is 26.2 Å². The molecule has 1 aliphatic carbocycles. The molecule has 3 fully saturated rings. The van der Waals surface area contributed by atoms with Gasteiger partial charge in [0.25, 0.3) is 0 Å². The molecule has 0 aromatic heterocycles. The van der Waals surface area contributed by atoms with E-state index in [1.165, 1.54) is 0 Å². The largest absolute Gasteiger partial charge is 0.479 e. The number of aliphatic carboxylic acids is 1. The van der Waals surface area contributed by atoms with Crippen LogP contribution in [0.1, 0.15) is 71.1 Å². The highest BCUT2D eigenvalue weighted by atomic mass is 16.7. The average molecular weight is 549 g/mol. The number of aliphatic hydroxyl groups excluding tert-OH is 3. The van der Waals surface area contributed by atoms with Gasteiger partial charge in [-0.15, -0.1) is 0 Å². The molecule has 5 unspecified atom stereocenters. The molecule has 1 saturated carbocycles. The molecule has 13 nitrogen and oxygen atoms in total. The number of carboxylic acid groups (broad SMARTS) is 1. The van der Waals surface area contributed by atoms with Crippen molar-refractivity contribution in [3.8, 4) is 0 Å². The zero-order chi connectivity index (χ0) is 31.6. The Morgan fingerprint density at radius 3 is 2.47 bits per heavy atom. The number of aliphatic hydroxyl groups is 3.